The van der Waals surface area contributed by atoms with Gasteiger partial charge in [0.25, 0.3) is 0 Å². The Labute approximate surface area is 117 Å². The maximum absolute atomic E-state index is 13.3. The van der Waals surface area contributed by atoms with Crippen molar-refractivity contribution in [1.29, 1.82) is 0 Å². The zero-order valence-corrected chi connectivity index (χ0v) is 11.6. The van der Waals surface area contributed by atoms with Crippen LogP contribution in [-0.4, -0.2) is 23.9 Å². The third-order valence-corrected chi connectivity index (χ3v) is 4.09. The molecule has 0 spiro atoms. The highest BCUT2D eigenvalue weighted by Crippen LogP contribution is 2.24. The van der Waals surface area contributed by atoms with Crippen LogP contribution in [0, 0.1) is 11.7 Å². The van der Waals surface area contributed by atoms with E-state index in [9.17, 15) is 9.18 Å². The van der Waals surface area contributed by atoms with Crippen molar-refractivity contribution in [1.82, 2.24) is 4.90 Å². The first-order valence-corrected chi connectivity index (χ1v) is 7.07. The molecule has 0 atom stereocenters. The Hall–Kier alpha value is -1.84. The Kier molecular flexibility index (Phi) is 3.47. The number of fused-ring (bicyclic) bond motifs is 1. The molecule has 1 saturated heterocycles. The molecule has 2 aromatic rings. The zero-order valence-electron chi connectivity index (χ0n) is 11.6. The minimum Gasteiger partial charge on any atom is -0.464 e. The van der Waals surface area contributed by atoms with E-state index in [1.54, 1.807) is 12.3 Å². The van der Waals surface area contributed by atoms with Crippen molar-refractivity contribution < 1.29 is 13.6 Å². The van der Waals surface area contributed by atoms with E-state index in [0.29, 0.717) is 16.9 Å². The highest BCUT2D eigenvalue weighted by Gasteiger charge is 2.21. The lowest BCUT2D eigenvalue weighted by molar-refractivity contribution is -0.131. The van der Waals surface area contributed by atoms with Gasteiger partial charge in [0.2, 0.25) is 5.91 Å². The Morgan fingerprint density at radius 2 is 2.15 bits per heavy atom. The Bertz CT molecular complexity index is 626. The van der Waals surface area contributed by atoms with E-state index < -0.39 is 0 Å². The van der Waals surface area contributed by atoms with Crippen LogP contribution in [0.2, 0.25) is 0 Å². The molecule has 0 saturated carbocycles. The average molecular weight is 275 g/mol. The summed E-state index contributed by atoms with van der Waals surface area (Å²) in [4.78, 5) is 14.2. The van der Waals surface area contributed by atoms with E-state index >= 15 is 0 Å². The summed E-state index contributed by atoms with van der Waals surface area (Å²) in [5.74, 6) is 0.492. The average Bonchev–Trinajstić information content (AvgIpc) is 2.82. The number of hydrogen-bond donors (Lipinski definition) is 0. The highest BCUT2D eigenvalue weighted by molar-refractivity contribution is 5.87. The molecule has 1 aromatic heterocycles. The SMILES string of the molecule is CC1CCN(C(=O)Cc2coc3ccc(F)cc23)CC1. The first-order valence-electron chi connectivity index (χ1n) is 7.07. The Morgan fingerprint density at radius 3 is 2.90 bits per heavy atom. The number of piperidine rings is 1. The third kappa shape index (κ3) is 2.55. The number of furan rings is 1. The predicted molar refractivity (Wildman–Crippen MR) is 74.9 cm³/mol. The lowest BCUT2D eigenvalue weighted by Crippen LogP contribution is -2.38. The van der Waals surface area contributed by atoms with Crippen LogP contribution < -0.4 is 0 Å². The number of hydrogen-bond acceptors (Lipinski definition) is 2. The summed E-state index contributed by atoms with van der Waals surface area (Å²) in [5.41, 5.74) is 1.39. The van der Waals surface area contributed by atoms with Crippen LogP contribution in [0.1, 0.15) is 25.3 Å². The molecule has 1 aliphatic rings. The van der Waals surface area contributed by atoms with Crippen molar-refractivity contribution in [3.05, 3.63) is 35.8 Å². The van der Waals surface area contributed by atoms with Crippen LogP contribution in [0.25, 0.3) is 11.0 Å². The molecule has 0 bridgehead atoms. The van der Waals surface area contributed by atoms with E-state index in [4.69, 9.17) is 4.42 Å². The second kappa shape index (κ2) is 5.27. The normalized spacial score (nSPS) is 16.8. The molecular weight excluding hydrogens is 257 g/mol. The van der Waals surface area contributed by atoms with Gasteiger partial charge in [0.1, 0.15) is 11.4 Å². The van der Waals surface area contributed by atoms with E-state index in [-0.39, 0.29) is 18.1 Å². The molecule has 1 aliphatic heterocycles. The number of nitrogens with zero attached hydrogens (tertiary/aromatic N) is 1. The fourth-order valence-electron chi connectivity index (χ4n) is 2.72. The zero-order chi connectivity index (χ0) is 14.1. The van der Waals surface area contributed by atoms with Crippen molar-refractivity contribution in [2.45, 2.75) is 26.2 Å². The lowest BCUT2D eigenvalue weighted by atomic mass is 9.98. The van der Waals surface area contributed by atoms with Crippen LogP contribution in [-0.2, 0) is 11.2 Å². The molecular formula is C16H18FNO2. The smallest absolute Gasteiger partial charge is 0.227 e. The fraction of sp³-hybridized carbons (Fsp3) is 0.438. The maximum Gasteiger partial charge on any atom is 0.227 e. The van der Waals surface area contributed by atoms with Crippen molar-refractivity contribution in [2.24, 2.45) is 5.92 Å². The van der Waals surface area contributed by atoms with Crippen molar-refractivity contribution >= 4 is 16.9 Å². The molecule has 4 heteroatoms. The van der Waals surface area contributed by atoms with Crippen LogP contribution in [0.3, 0.4) is 0 Å². The molecule has 20 heavy (non-hydrogen) atoms. The maximum atomic E-state index is 13.3. The molecule has 0 unspecified atom stereocenters. The van der Waals surface area contributed by atoms with Gasteiger partial charge < -0.3 is 9.32 Å². The van der Waals surface area contributed by atoms with Gasteiger partial charge in [-0.2, -0.15) is 0 Å². The van der Waals surface area contributed by atoms with Crippen molar-refractivity contribution in [3.8, 4) is 0 Å². The van der Waals surface area contributed by atoms with Crippen LogP contribution >= 0.6 is 0 Å². The highest BCUT2D eigenvalue weighted by atomic mass is 19.1. The number of likely N-dealkylation sites (tertiary alicyclic amines) is 1. The molecule has 0 N–H and O–H groups in total. The molecule has 0 aliphatic carbocycles. The fourth-order valence-corrected chi connectivity index (χ4v) is 2.72. The molecule has 1 amide bonds. The molecule has 3 rings (SSSR count). The van der Waals surface area contributed by atoms with Crippen LogP contribution in [0.15, 0.2) is 28.9 Å². The minimum absolute atomic E-state index is 0.101. The second-order valence-electron chi connectivity index (χ2n) is 5.64. The summed E-state index contributed by atoms with van der Waals surface area (Å²) in [6.07, 6.45) is 3.97. The van der Waals surface area contributed by atoms with Gasteiger partial charge in [-0.1, -0.05) is 6.92 Å². The number of carbonyl (C=O) groups excluding carboxylic acids is 1. The minimum atomic E-state index is -0.306. The summed E-state index contributed by atoms with van der Waals surface area (Å²) < 4.78 is 18.7. The number of carbonyl (C=O) groups is 1. The van der Waals surface area contributed by atoms with Gasteiger partial charge in [0.15, 0.2) is 0 Å². The van der Waals surface area contributed by atoms with Gasteiger partial charge in [0, 0.05) is 24.0 Å². The van der Waals surface area contributed by atoms with Crippen LogP contribution in [0.5, 0.6) is 0 Å². The van der Waals surface area contributed by atoms with Gasteiger partial charge in [-0.3, -0.25) is 4.79 Å². The van der Waals surface area contributed by atoms with Gasteiger partial charge >= 0.3 is 0 Å². The molecule has 1 fully saturated rings. The number of halogens is 1. The monoisotopic (exact) mass is 275 g/mol. The standard InChI is InChI=1S/C16H18FNO2/c1-11-4-6-18(7-5-11)16(19)8-12-10-20-15-3-2-13(17)9-14(12)15/h2-3,9-11H,4-8H2,1H3. The molecule has 2 heterocycles. The largest absolute Gasteiger partial charge is 0.464 e. The van der Waals surface area contributed by atoms with Crippen LogP contribution in [0.4, 0.5) is 4.39 Å². The number of rotatable bonds is 2. The summed E-state index contributed by atoms with van der Waals surface area (Å²) in [6, 6.07) is 4.39. The Morgan fingerprint density at radius 1 is 1.40 bits per heavy atom. The Balaban J connectivity index is 1.76. The van der Waals surface area contributed by atoms with Gasteiger partial charge in [-0.25, -0.2) is 4.39 Å². The predicted octanol–water partition coefficient (Wildman–Crippen LogP) is 3.37. The molecule has 106 valence electrons. The number of amides is 1. The topological polar surface area (TPSA) is 33.5 Å². The molecule has 3 nitrogen and oxygen atoms in total. The molecule has 1 aromatic carbocycles. The van der Waals surface area contributed by atoms with E-state index in [1.165, 1.54) is 12.1 Å². The lowest BCUT2D eigenvalue weighted by Gasteiger charge is -2.30. The van der Waals surface area contributed by atoms with Gasteiger partial charge in [0.05, 0.1) is 12.7 Å². The second-order valence-corrected chi connectivity index (χ2v) is 5.64. The summed E-state index contributed by atoms with van der Waals surface area (Å²) in [7, 11) is 0. The summed E-state index contributed by atoms with van der Waals surface area (Å²) >= 11 is 0. The van der Waals surface area contributed by atoms with Crippen molar-refractivity contribution in [2.75, 3.05) is 13.1 Å². The van der Waals surface area contributed by atoms with E-state index in [1.807, 2.05) is 4.90 Å². The van der Waals surface area contributed by atoms with Gasteiger partial charge in [-0.05, 0) is 37.0 Å². The van der Waals surface area contributed by atoms with Crippen molar-refractivity contribution in [3.63, 3.8) is 0 Å². The van der Waals surface area contributed by atoms with E-state index in [2.05, 4.69) is 6.92 Å². The number of benzene rings is 1. The van der Waals surface area contributed by atoms with Gasteiger partial charge in [-0.15, -0.1) is 0 Å². The third-order valence-electron chi connectivity index (χ3n) is 4.09. The first-order chi connectivity index (χ1) is 9.63. The quantitative estimate of drug-likeness (QED) is 0.842. The molecule has 0 radical (unpaired) electrons. The first kappa shape index (κ1) is 13.2. The summed E-state index contributed by atoms with van der Waals surface area (Å²) in [5, 5.41) is 0.698. The van der Waals surface area contributed by atoms with E-state index in [0.717, 1.165) is 31.5 Å². The summed E-state index contributed by atoms with van der Waals surface area (Å²) in [6.45, 7) is 3.86.